The van der Waals surface area contributed by atoms with E-state index in [-0.39, 0.29) is 5.75 Å². The number of aldehydes is 1. The molecule has 0 atom stereocenters. The molecule has 1 rings (SSSR count). The molecule has 0 aliphatic rings. The van der Waals surface area contributed by atoms with E-state index in [9.17, 15) is 13.6 Å². The van der Waals surface area contributed by atoms with Crippen molar-refractivity contribution in [2.24, 2.45) is 0 Å². The van der Waals surface area contributed by atoms with Gasteiger partial charge in [-0.15, -0.1) is 0 Å². The third kappa shape index (κ3) is 4.88. The van der Waals surface area contributed by atoms with Gasteiger partial charge < -0.3 is 4.74 Å². The molecule has 0 fully saturated rings. The van der Waals surface area contributed by atoms with Crippen molar-refractivity contribution < 1.29 is 18.3 Å². The lowest BCUT2D eigenvalue weighted by molar-refractivity contribution is -0.0503. The van der Waals surface area contributed by atoms with E-state index in [2.05, 4.69) is 20.7 Å². The first-order valence-corrected chi connectivity index (χ1v) is 5.12. The van der Waals surface area contributed by atoms with Gasteiger partial charge in [0.15, 0.2) is 0 Å². The molecule has 0 bridgehead atoms. The Balaban J connectivity index is 0.000000921. The highest BCUT2D eigenvalue weighted by Gasteiger charge is 2.07. The predicted octanol–water partition coefficient (Wildman–Crippen LogP) is 3.89. The number of hydrogen-bond donors (Lipinski definition) is 0. The van der Waals surface area contributed by atoms with Gasteiger partial charge >= 0.3 is 6.61 Å². The maximum atomic E-state index is 11.8. The molecule has 0 spiro atoms. The topological polar surface area (TPSA) is 26.3 Å². The van der Waals surface area contributed by atoms with Crippen LogP contribution in [-0.4, -0.2) is 12.9 Å². The molecule has 0 saturated carbocycles. The van der Waals surface area contributed by atoms with Gasteiger partial charge in [0, 0.05) is 5.56 Å². The number of benzene rings is 1. The number of hydrogen-bond acceptors (Lipinski definition) is 2. The van der Waals surface area contributed by atoms with Crippen LogP contribution >= 0.6 is 15.9 Å². The van der Waals surface area contributed by atoms with Crippen molar-refractivity contribution in [2.75, 3.05) is 0 Å². The first-order valence-electron chi connectivity index (χ1n) is 4.33. The molecule has 0 radical (unpaired) electrons. The molecule has 0 N–H and O–H groups in total. The molecule has 1 aromatic rings. The van der Waals surface area contributed by atoms with Gasteiger partial charge in [-0.1, -0.05) is 13.8 Å². The van der Waals surface area contributed by atoms with E-state index < -0.39 is 6.61 Å². The zero-order valence-electron chi connectivity index (χ0n) is 8.34. The average molecular weight is 281 g/mol. The second-order valence-electron chi connectivity index (χ2n) is 2.19. The number of halogens is 3. The number of carbonyl (C=O) groups excluding carboxylic acids is 1. The second-order valence-corrected chi connectivity index (χ2v) is 3.04. The quantitative estimate of drug-likeness (QED) is 0.786. The first-order chi connectivity index (χ1) is 7.13. The minimum absolute atomic E-state index is 0.0144. The van der Waals surface area contributed by atoms with Crippen LogP contribution in [0, 0.1) is 0 Å². The van der Waals surface area contributed by atoms with E-state index in [1.165, 1.54) is 18.2 Å². The summed E-state index contributed by atoms with van der Waals surface area (Å²) in [6, 6.07) is 4.11. The molecular formula is C10H11BrF2O2. The van der Waals surface area contributed by atoms with Gasteiger partial charge in [0.1, 0.15) is 12.0 Å². The SMILES string of the molecule is CC.O=Cc1ccc(OC(F)F)c(Br)c1. The van der Waals surface area contributed by atoms with Crippen molar-refractivity contribution in [1.82, 2.24) is 0 Å². The fourth-order valence-electron chi connectivity index (χ4n) is 0.782. The first kappa shape index (κ1) is 14.0. The van der Waals surface area contributed by atoms with Gasteiger partial charge in [0.05, 0.1) is 4.47 Å². The normalized spacial score (nSPS) is 9.20. The highest BCUT2D eigenvalue weighted by molar-refractivity contribution is 9.10. The number of carbonyl (C=O) groups is 1. The molecule has 0 heterocycles. The van der Waals surface area contributed by atoms with Crippen LogP contribution < -0.4 is 4.74 Å². The smallest absolute Gasteiger partial charge is 0.387 e. The highest BCUT2D eigenvalue weighted by Crippen LogP contribution is 2.26. The van der Waals surface area contributed by atoms with Crippen molar-refractivity contribution in [3.05, 3.63) is 28.2 Å². The third-order valence-corrected chi connectivity index (χ3v) is 1.93. The monoisotopic (exact) mass is 280 g/mol. The maximum absolute atomic E-state index is 11.8. The lowest BCUT2D eigenvalue weighted by atomic mass is 10.2. The summed E-state index contributed by atoms with van der Waals surface area (Å²) in [7, 11) is 0. The van der Waals surface area contributed by atoms with Crippen molar-refractivity contribution in [3.63, 3.8) is 0 Å². The molecule has 84 valence electrons. The molecular weight excluding hydrogens is 270 g/mol. The van der Waals surface area contributed by atoms with Gasteiger partial charge in [-0.3, -0.25) is 4.79 Å². The van der Waals surface area contributed by atoms with Gasteiger partial charge in [-0.2, -0.15) is 8.78 Å². The van der Waals surface area contributed by atoms with Crippen molar-refractivity contribution in [1.29, 1.82) is 0 Å². The Morgan fingerprint density at radius 2 is 2.00 bits per heavy atom. The fraction of sp³-hybridized carbons (Fsp3) is 0.300. The fourth-order valence-corrected chi connectivity index (χ4v) is 1.27. The zero-order chi connectivity index (χ0) is 11.8. The molecule has 15 heavy (non-hydrogen) atoms. The van der Waals surface area contributed by atoms with E-state index in [0.29, 0.717) is 16.3 Å². The van der Waals surface area contributed by atoms with Crippen LogP contribution in [0.25, 0.3) is 0 Å². The molecule has 2 nitrogen and oxygen atoms in total. The summed E-state index contributed by atoms with van der Waals surface area (Å²) in [6.07, 6.45) is 0.622. The Hall–Kier alpha value is -0.970. The molecule has 0 aliphatic carbocycles. The number of rotatable bonds is 3. The summed E-state index contributed by atoms with van der Waals surface area (Å²) in [5, 5.41) is 0. The largest absolute Gasteiger partial charge is 0.434 e. The van der Waals surface area contributed by atoms with Crippen LogP contribution in [0.4, 0.5) is 8.78 Å². The van der Waals surface area contributed by atoms with Crippen LogP contribution in [0.3, 0.4) is 0 Å². The van der Waals surface area contributed by atoms with Crippen molar-refractivity contribution >= 4 is 22.2 Å². The Morgan fingerprint density at radius 1 is 1.40 bits per heavy atom. The molecule has 0 aromatic heterocycles. The van der Waals surface area contributed by atoms with E-state index in [0.717, 1.165) is 0 Å². The summed E-state index contributed by atoms with van der Waals surface area (Å²) in [6.45, 7) is 1.14. The zero-order valence-corrected chi connectivity index (χ0v) is 9.92. The Kier molecular flexibility index (Phi) is 6.86. The minimum Gasteiger partial charge on any atom is -0.434 e. The average Bonchev–Trinajstić information content (AvgIpc) is 2.23. The highest BCUT2D eigenvalue weighted by atomic mass is 79.9. The van der Waals surface area contributed by atoms with Crippen LogP contribution in [0.2, 0.25) is 0 Å². The van der Waals surface area contributed by atoms with Gasteiger partial charge in [0.25, 0.3) is 0 Å². The summed E-state index contributed by atoms with van der Waals surface area (Å²) in [5.74, 6) is 0.0144. The van der Waals surface area contributed by atoms with Crippen LogP contribution in [0.5, 0.6) is 5.75 Å². The van der Waals surface area contributed by atoms with Crippen molar-refractivity contribution in [3.8, 4) is 5.75 Å². The molecule has 0 amide bonds. The van der Waals surface area contributed by atoms with Gasteiger partial charge in [-0.25, -0.2) is 0 Å². The molecule has 0 saturated heterocycles. The molecule has 5 heteroatoms. The van der Waals surface area contributed by atoms with E-state index in [1.807, 2.05) is 13.8 Å². The standard InChI is InChI=1S/C8H5BrF2O2.C2H6/c9-6-3-5(4-12)1-2-7(6)13-8(10)11;1-2/h1-4,8H;1-2H3. The van der Waals surface area contributed by atoms with Crippen LogP contribution in [0.15, 0.2) is 22.7 Å². The van der Waals surface area contributed by atoms with E-state index >= 15 is 0 Å². The van der Waals surface area contributed by atoms with E-state index in [4.69, 9.17) is 0 Å². The Bertz CT molecular complexity index is 316. The second kappa shape index (κ2) is 7.34. The lowest BCUT2D eigenvalue weighted by Gasteiger charge is -2.06. The van der Waals surface area contributed by atoms with Gasteiger partial charge in [0.2, 0.25) is 0 Å². The maximum Gasteiger partial charge on any atom is 0.387 e. The van der Waals surface area contributed by atoms with Crippen LogP contribution in [0.1, 0.15) is 24.2 Å². The Labute approximate surface area is 95.4 Å². The number of ether oxygens (including phenoxy) is 1. The molecule has 0 aliphatic heterocycles. The number of alkyl halides is 2. The minimum atomic E-state index is -2.86. The van der Waals surface area contributed by atoms with Crippen molar-refractivity contribution in [2.45, 2.75) is 20.5 Å². The Morgan fingerprint density at radius 3 is 2.40 bits per heavy atom. The summed E-state index contributed by atoms with van der Waals surface area (Å²) in [5.41, 5.74) is 0.397. The molecule has 1 aromatic carbocycles. The summed E-state index contributed by atoms with van der Waals surface area (Å²) >= 11 is 3.00. The third-order valence-electron chi connectivity index (χ3n) is 1.31. The predicted molar refractivity (Wildman–Crippen MR) is 57.5 cm³/mol. The molecule has 0 unspecified atom stereocenters. The summed E-state index contributed by atoms with van der Waals surface area (Å²) in [4.78, 5) is 10.3. The summed E-state index contributed by atoms with van der Waals surface area (Å²) < 4.78 is 28.0. The van der Waals surface area contributed by atoms with Crippen LogP contribution in [-0.2, 0) is 0 Å². The van der Waals surface area contributed by atoms with E-state index in [1.54, 1.807) is 0 Å². The lowest BCUT2D eigenvalue weighted by Crippen LogP contribution is -2.02. The van der Waals surface area contributed by atoms with Gasteiger partial charge in [-0.05, 0) is 34.1 Å².